The molecular formula is C8H9N5O3. The highest BCUT2D eigenvalue weighted by Crippen LogP contribution is 2.01. The Hall–Kier alpha value is -2.25. The van der Waals surface area contributed by atoms with Crippen molar-refractivity contribution in [3.8, 4) is 0 Å². The van der Waals surface area contributed by atoms with Crippen molar-refractivity contribution < 1.29 is 14.1 Å². The van der Waals surface area contributed by atoms with Gasteiger partial charge in [-0.25, -0.2) is 9.48 Å². The molecule has 0 atom stereocenters. The molecule has 0 radical (unpaired) electrons. The molecule has 0 aromatic carbocycles. The maximum absolute atomic E-state index is 11.1. The molecule has 0 bridgehead atoms. The molecule has 0 saturated carbocycles. The summed E-state index contributed by atoms with van der Waals surface area (Å²) in [6.07, 6.45) is 1.45. The van der Waals surface area contributed by atoms with E-state index in [4.69, 9.17) is 4.52 Å². The third kappa shape index (κ3) is 2.05. The Morgan fingerprint density at radius 3 is 3.06 bits per heavy atom. The van der Waals surface area contributed by atoms with Crippen LogP contribution in [-0.4, -0.2) is 38.2 Å². The van der Waals surface area contributed by atoms with Crippen molar-refractivity contribution in [3.05, 3.63) is 23.6 Å². The lowest BCUT2D eigenvalue weighted by atomic mass is 10.5. The van der Waals surface area contributed by atoms with Gasteiger partial charge in [0.15, 0.2) is 11.5 Å². The van der Waals surface area contributed by atoms with Gasteiger partial charge in [0.2, 0.25) is 5.89 Å². The third-order valence-electron chi connectivity index (χ3n) is 1.80. The summed E-state index contributed by atoms with van der Waals surface area (Å²) in [5.74, 6) is 0.412. The lowest BCUT2D eigenvalue weighted by molar-refractivity contribution is 0.0594. The van der Waals surface area contributed by atoms with Crippen LogP contribution in [0.2, 0.25) is 0 Å². The summed E-state index contributed by atoms with van der Waals surface area (Å²) < 4.78 is 10.8. The molecule has 0 unspecified atom stereocenters. The first-order valence-electron chi connectivity index (χ1n) is 4.46. The van der Waals surface area contributed by atoms with E-state index in [-0.39, 0.29) is 12.2 Å². The quantitative estimate of drug-likeness (QED) is 0.665. The largest absolute Gasteiger partial charge is 0.464 e. The number of hydrogen-bond acceptors (Lipinski definition) is 7. The number of methoxy groups -OCH3 is 1. The average Bonchev–Trinajstić information content (AvgIpc) is 2.87. The highest BCUT2D eigenvalue weighted by atomic mass is 16.5. The van der Waals surface area contributed by atoms with E-state index in [9.17, 15) is 4.79 Å². The lowest BCUT2D eigenvalue weighted by Gasteiger charge is -1.92. The highest BCUT2D eigenvalue weighted by molar-refractivity contribution is 5.86. The molecule has 0 saturated heterocycles. The molecule has 8 heteroatoms. The second-order valence-corrected chi connectivity index (χ2v) is 3.03. The first-order valence-corrected chi connectivity index (χ1v) is 4.46. The molecule has 16 heavy (non-hydrogen) atoms. The molecule has 8 nitrogen and oxygen atoms in total. The van der Waals surface area contributed by atoms with Crippen molar-refractivity contribution in [1.82, 2.24) is 25.1 Å². The number of esters is 1. The second kappa shape index (κ2) is 4.09. The SMILES string of the molecule is COC(=O)c1cn(Cc2nc(C)no2)nn1. The number of carbonyl (C=O) groups is 1. The Morgan fingerprint density at radius 1 is 1.62 bits per heavy atom. The minimum absolute atomic E-state index is 0.138. The zero-order chi connectivity index (χ0) is 11.5. The molecule has 2 rings (SSSR count). The predicted octanol–water partition coefficient (Wildman–Crippen LogP) is -0.196. The number of rotatable bonds is 3. The Bertz CT molecular complexity index is 503. The fourth-order valence-electron chi connectivity index (χ4n) is 1.12. The zero-order valence-electron chi connectivity index (χ0n) is 8.75. The molecule has 0 spiro atoms. The normalized spacial score (nSPS) is 10.4. The van der Waals surface area contributed by atoms with Crippen LogP contribution in [0, 0.1) is 6.92 Å². The standard InChI is InChI=1S/C8H9N5O3/c1-5-9-7(16-11-5)4-13-3-6(10-12-13)8(14)15-2/h3H,4H2,1-2H3. The van der Waals surface area contributed by atoms with E-state index in [1.165, 1.54) is 18.0 Å². The van der Waals surface area contributed by atoms with Crippen LogP contribution in [0.4, 0.5) is 0 Å². The van der Waals surface area contributed by atoms with Gasteiger partial charge >= 0.3 is 5.97 Å². The number of carbonyl (C=O) groups excluding carboxylic acids is 1. The highest BCUT2D eigenvalue weighted by Gasteiger charge is 2.12. The van der Waals surface area contributed by atoms with Gasteiger partial charge in [0, 0.05) is 0 Å². The van der Waals surface area contributed by atoms with Crippen molar-refractivity contribution in [2.75, 3.05) is 7.11 Å². The summed E-state index contributed by atoms with van der Waals surface area (Å²) in [6, 6.07) is 0. The number of aryl methyl sites for hydroxylation is 1. The zero-order valence-corrected chi connectivity index (χ0v) is 8.75. The molecule has 2 aromatic rings. The molecular weight excluding hydrogens is 214 g/mol. The Balaban J connectivity index is 2.11. The van der Waals surface area contributed by atoms with Gasteiger partial charge in [-0.2, -0.15) is 4.98 Å². The molecule has 0 fully saturated rings. The minimum atomic E-state index is -0.534. The Kier molecular flexibility index (Phi) is 2.63. The van der Waals surface area contributed by atoms with Crippen molar-refractivity contribution >= 4 is 5.97 Å². The molecule has 2 aromatic heterocycles. The predicted molar refractivity (Wildman–Crippen MR) is 49.5 cm³/mol. The summed E-state index contributed by atoms with van der Waals surface area (Å²) in [4.78, 5) is 15.1. The van der Waals surface area contributed by atoms with Crippen LogP contribution in [0.15, 0.2) is 10.7 Å². The van der Waals surface area contributed by atoms with Gasteiger partial charge in [0.05, 0.1) is 13.3 Å². The van der Waals surface area contributed by atoms with Crippen molar-refractivity contribution in [3.63, 3.8) is 0 Å². The van der Waals surface area contributed by atoms with Crippen molar-refractivity contribution in [1.29, 1.82) is 0 Å². The van der Waals surface area contributed by atoms with E-state index in [1.54, 1.807) is 6.92 Å². The monoisotopic (exact) mass is 223 g/mol. The maximum Gasteiger partial charge on any atom is 0.360 e. The van der Waals surface area contributed by atoms with Crippen LogP contribution in [-0.2, 0) is 11.3 Å². The van der Waals surface area contributed by atoms with Gasteiger partial charge in [-0.3, -0.25) is 0 Å². The van der Waals surface area contributed by atoms with Crippen LogP contribution >= 0.6 is 0 Å². The summed E-state index contributed by atoms with van der Waals surface area (Å²) in [7, 11) is 1.28. The summed E-state index contributed by atoms with van der Waals surface area (Å²) in [5.41, 5.74) is 0.138. The lowest BCUT2D eigenvalue weighted by Crippen LogP contribution is -2.02. The van der Waals surface area contributed by atoms with E-state index in [0.717, 1.165) is 0 Å². The van der Waals surface area contributed by atoms with Crippen molar-refractivity contribution in [2.45, 2.75) is 13.5 Å². The topological polar surface area (TPSA) is 95.9 Å². The number of ether oxygens (including phenoxy) is 1. The summed E-state index contributed by atoms with van der Waals surface area (Å²) in [6.45, 7) is 1.99. The van der Waals surface area contributed by atoms with E-state index in [1.807, 2.05) is 0 Å². The fraction of sp³-hybridized carbons (Fsp3) is 0.375. The van der Waals surface area contributed by atoms with Crippen LogP contribution in [0.3, 0.4) is 0 Å². The minimum Gasteiger partial charge on any atom is -0.464 e. The molecule has 84 valence electrons. The van der Waals surface area contributed by atoms with Gasteiger partial charge in [-0.15, -0.1) is 5.10 Å². The van der Waals surface area contributed by atoms with Gasteiger partial charge in [-0.05, 0) is 6.92 Å². The van der Waals surface area contributed by atoms with Gasteiger partial charge in [-0.1, -0.05) is 10.4 Å². The smallest absolute Gasteiger partial charge is 0.360 e. The molecule has 0 aliphatic rings. The van der Waals surface area contributed by atoms with Gasteiger partial charge in [0.1, 0.15) is 6.54 Å². The molecule has 0 aliphatic heterocycles. The van der Waals surface area contributed by atoms with Crippen LogP contribution in [0.1, 0.15) is 22.2 Å². The van der Waals surface area contributed by atoms with Gasteiger partial charge < -0.3 is 9.26 Å². The molecule has 0 aliphatic carbocycles. The van der Waals surface area contributed by atoms with E-state index >= 15 is 0 Å². The summed E-state index contributed by atoms with van der Waals surface area (Å²) >= 11 is 0. The molecule has 0 amide bonds. The third-order valence-corrected chi connectivity index (χ3v) is 1.80. The van der Waals surface area contributed by atoms with Crippen LogP contribution < -0.4 is 0 Å². The van der Waals surface area contributed by atoms with Gasteiger partial charge in [0.25, 0.3) is 0 Å². The van der Waals surface area contributed by atoms with E-state index in [2.05, 4.69) is 25.2 Å². The Labute approximate surface area is 90.2 Å². The van der Waals surface area contributed by atoms with Crippen LogP contribution in [0.25, 0.3) is 0 Å². The fourth-order valence-corrected chi connectivity index (χ4v) is 1.12. The summed E-state index contributed by atoms with van der Waals surface area (Å²) in [5, 5.41) is 11.0. The Morgan fingerprint density at radius 2 is 2.44 bits per heavy atom. The number of aromatic nitrogens is 5. The molecule has 2 heterocycles. The molecule has 0 N–H and O–H groups in total. The van der Waals surface area contributed by atoms with Crippen molar-refractivity contribution in [2.24, 2.45) is 0 Å². The van der Waals surface area contributed by atoms with Crippen LogP contribution in [0.5, 0.6) is 0 Å². The van der Waals surface area contributed by atoms with E-state index < -0.39 is 5.97 Å². The first kappa shape index (κ1) is 10.3. The first-order chi connectivity index (χ1) is 7.69. The van der Waals surface area contributed by atoms with E-state index in [0.29, 0.717) is 11.7 Å². The maximum atomic E-state index is 11.1. The average molecular weight is 223 g/mol. The number of hydrogen-bond donors (Lipinski definition) is 0. The number of nitrogens with zero attached hydrogens (tertiary/aromatic N) is 5. The second-order valence-electron chi connectivity index (χ2n) is 3.03.